The molecule has 2 heterocycles. The molecule has 0 spiro atoms. The number of halogens is 1. The molecule has 0 aromatic carbocycles. The van der Waals surface area contributed by atoms with Crippen LogP contribution in [0.4, 0.5) is 5.95 Å². The molecule has 17 heavy (non-hydrogen) atoms. The number of hydrogen-bond acceptors (Lipinski definition) is 4. The smallest absolute Gasteiger partial charge is 0.225 e. The molecule has 2 atom stereocenters. The molecule has 1 aliphatic rings. The number of nitrogens with one attached hydrogen (secondary N) is 1. The van der Waals surface area contributed by atoms with Crippen LogP contribution in [0.15, 0.2) is 12.4 Å². The first-order valence-electron chi connectivity index (χ1n) is 6.22. The molecule has 0 bridgehead atoms. The molecule has 2 rings (SSSR count). The van der Waals surface area contributed by atoms with Gasteiger partial charge in [-0.3, -0.25) is 0 Å². The fraction of sp³-hybridized carbons (Fsp3) is 0.667. The molecule has 0 aliphatic carbocycles. The summed E-state index contributed by atoms with van der Waals surface area (Å²) in [4.78, 5) is 10.9. The Kier molecular flexibility index (Phi) is 4.18. The van der Waals surface area contributed by atoms with Gasteiger partial charge < -0.3 is 10.2 Å². The molecule has 1 aromatic heterocycles. The predicted octanol–water partition coefficient (Wildman–Crippen LogP) is 2.10. The highest BCUT2D eigenvalue weighted by Gasteiger charge is 2.27. The average Bonchev–Trinajstić information content (AvgIpc) is 2.39. The molecule has 5 heteroatoms. The second-order valence-corrected chi connectivity index (χ2v) is 4.87. The van der Waals surface area contributed by atoms with Gasteiger partial charge in [-0.05, 0) is 12.8 Å². The number of anilines is 1. The zero-order valence-corrected chi connectivity index (χ0v) is 11.1. The summed E-state index contributed by atoms with van der Waals surface area (Å²) in [6.07, 6.45) is 5.55. The molecule has 4 nitrogen and oxygen atoms in total. The zero-order chi connectivity index (χ0) is 12.3. The molecule has 0 amide bonds. The van der Waals surface area contributed by atoms with E-state index in [1.807, 2.05) is 0 Å². The van der Waals surface area contributed by atoms with Gasteiger partial charge in [0.05, 0.1) is 17.4 Å². The van der Waals surface area contributed by atoms with Crippen molar-refractivity contribution < 1.29 is 0 Å². The van der Waals surface area contributed by atoms with Gasteiger partial charge in [-0.15, -0.1) is 0 Å². The lowest BCUT2D eigenvalue weighted by atomic mass is 10.1. The highest BCUT2D eigenvalue weighted by atomic mass is 35.5. The monoisotopic (exact) mass is 254 g/mol. The third kappa shape index (κ3) is 2.87. The molecule has 1 saturated heterocycles. The number of nitrogens with zero attached hydrogens (tertiary/aromatic N) is 3. The summed E-state index contributed by atoms with van der Waals surface area (Å²) in [5, 5.41) is 4.14. The second-order valence-electron chi connectivity index (χ2n) is 4.43. The quantitative estimate of drug-likeness (QED) is 0.897. The molecule has 1 fully saturated rings. The number of hydrogen-bond donors (Lipinski definition) is 1. The van der Waals surface area contributed by atoms with Gasteiger partial charge in [0.2, 0.25) is 5.95 Å². The molecule has 1 aliphatic heterocycles. The molecule has 94 valence electrons. The van der Waals surface area contributed by atoms with Gasteiger partial charge in [0.1, 0.15) is 0 Å². The molecule has 0 radical (unpaired) electrons. The largest absolute Gasteiger partial charge is 0.335 e. The predicted molar refractivity (Wildman–Crippen MR) is 70.5 cm³/mol. The van der Waals surface area contributed by atoms with Gasteiger partial charge in [-0.25, -0.2) is 9.97 Å². The van der Waals surface area contributed by atoms with Gasteiger partial charge in [-0.1, -0.05) is 25.4 Å². The van der Waals surface area contributed by atoms with Crippen LogP contribution in [-0.2, 0) is 0 Å². The lowest BCUT2D eigenvalue weighted by Gasteiger charge is -2.39. The topological polar surface area (TPSA) is 41.1 Å². The van der Waals surface area contributed by atoms with E-state index < -0.39 is 0 Å². The second kappa shape index (κ2) is 5.65. The first kappa shape index (κ1) is 12.6. The van der Waals surface area contributed by atoms with Crippen LogP contribution in [0, 0.1) is 0 Å². The summed E-state index contributed by atoms with van der Waals surface area (Å²) >= 11 is 5.82. The van der Waals surface area contributed by atoms with Gasteiger partial charge in [0.15, 0.2) is 0 Å². The van der Waals surface area contributed by atoms with Gasteiger partial charge >= 0.3 is 0 Å². The summed E-state index contributed by atoms with van der Waals surface area (Å²) in [6.45, 7) is 6.37. The van der Waals surface area contributed by atoms with Crippen molar-refractivity contribution in [3.8, 4) is 0 Å². The van der Waals surface area contributed by atoms with E-state index in [1.165, 1.54) is 0 Å². The Morgan fingerprint density at radius 3 is 2.65 bits per heavy atom. The van der Waals surface area contributed by atoms with Crippen LogP contribution in [0.2, 0.25) is 5.02 Å². The van der Waals surface area contributed by atoms with Crippen LogP contribution in [0.5, 0.6) is 0 Å². The van der Waals surface area contributed by atoms with Crippen LogP contribution >= 0.6 is 11.6 Å². The third-order valence-electron chi connectivity index (χ3n) is 3.33. The minimum atomic E-state index is 0.471. The summed E-state index contributed by atoms with van der Waals surface area (Å²) in [7, 11) is 0. The molecule has 2 unspecified atom stereocenters. The van der Waals surface area contributed by atoms with E-state index in [9.17, 15) is 0 Å². The number of piperazine rings is 1. The Hall–Kier alpha value is -0.870. The summed E-state index contributed by atoms with van der Waals surface area (Å²) < 4.78 is 0. The maximum atomic E-state index is 5.82. The van der Waals surface area contributed by atoms with Crippen molar-refractivity contribution in [2.24, 2.45) is 0 Å². The van der Waals surface area contributed by atoms with Crippen LogP contribution < -0.4 is 10.2 Å². The van der Waals surface area contributed by atoms with E-state index in [2.05, 4.69) is 34.0 Å². The zero-order valence-electron chi connectivity index (χ0n) is 10.4. The highest BCUT2D eigenvalue weighted by molar-refractivity contribution is 6.30. The highest BCUT2D eigenvalue weighted by Crippen LogP contribution is 2.18. The van der Waals surface area contributed by atoms with E-state index >= 15 is 0 Å². The third-order valence-corrected chi connectivity index (χ3v) is 3.52. The van der Waals surface area contributed by atoms with E-state index in [0.29, 0.717) is 17.1 Å². The average molecular weight is 255 g/mol. The van der Waals surface area contributed by atoms with Gasteiger partial charge in [0.25, 0.3) is 0 Å². The number of rotatable bonds is 3. The Bertz CT molecular complexity index is 354. The van der Waals surface area contributed by atoms with Crippen molar-refractivity contribution in [2.45, 2.75) is 38.8 Å². The summed E-state index contributed by atoms with van der Waals surface area (Å²) in [5.41, 5.74) is 0. The Morgan fingerprint density at radius 1 is 1.35 bits per heavy atom. The maximum absolute atomic E-state index is 5.82. The number of aromatic nitrogens is 2. The van der Waals surface area contributed by atoms with Crippen molar-refractivity contribution >= 4 is 17.5 Å². The minimum Gasteiger partial charge on any atom is -0.335 e. The SMILES string of the molecule is CCC1CN(c2ncc(Cl)cn2)C(CC)CN1. The van der Waals surface area contributed by atoms with Gasteiger partial charge in [0, 0.05) is 25.2 Å². The van der Waals surface area contributed by atoms with Crippen molar-refractivity contribution in [2.75, 3.05) is 18.0 Å². The fourth-order valence-corrected chi connectivity index (χ4v) is 2.30. The lowest BCUT2D eigenvalue weighted by Crippen LogP contribution is -2.56. The van der Waals surface area contributed by atoms with E-state index in [1.54, 1.807) is 12.4 Å². The normalized spacial score (nSPS) is 25.0. The molecule has 0 saturated carbocycles. The van der Waals surface area contributed by atoms with Crippen LogP contribution in [0.3, 0.4) is 0 Å². The lowest BCUT2D eigenvalue weighted by molar-refractivity contribution is 0.374. The molecular formula is C12H19ClN4. The molecule has 1 aromatic rings. The van der Waals surface area contributed by atoms with Crippen molar-refractivity contribution in [3.05, 3.63) is 17.4 Å². The molecule has 1 N–H and O–H groups in total. The summed E-state index contributed by atoms with van der Waals surface area (Å²) in [6, 6.07) is 0.996. The van der Waals surface area contributed by atoms with Crippen molar-refractivity contribution in [3.63, 3.8) is 0 Å². The van der Waals surface area contributed by atoms with E-state index in [4.69, 9.17) is 11.6 Å². The van der Waals surface area contributed by atoms with Gasteiger partial charge in [-0.2, -0.15) is 0 Å². The fourth-order valence-electron chi connectivity index (χ4n) is 2.20. The van der Waals surface area contributed by atoms with Crippen LogP contribution in [-0.4, -0.2) is 35.1 Å². The standard InChI is InChI=1S/C12H19ClN4/c1-3-10-8-17(11(4-2)7-14-10)12-15-5-9(13)6-16-12/h5-6,10-11,14H,3-4,7-8H2,1-2H3. The first-order chi connectivity index (χ1) is 8.24. The van der Waals surface area contributed by atoms with Crippen molar-refractivity contribution in [1.29, 1.82) is 0 Å². The van der Waals surface area contributed by atoms with Crippen LogP contribution in [0.25, 0.3) is 0 Å². The van der Waals surface area contributed by atoms with E-state index in [-0.39, 0.29) is 0 Å². The summed E-state index contributed by atoms with van der Waals surface area (Å²) in [5.74, 6) is 0.793. The Balaban J connectivity index is 2.17. The minimum absolute atomic E-state index is 0.471. The Morgan fingerprint density at radius 2 is 2.06 bits per heavy atom. The first-order valence-corrected chi connectivity index (χ1v) is 6.60. The van der Waals surface area contributed by atoms with Crippen molar-refractivity contribution in [1.82, 2.24) is 15.3 Å². The van der Waals surface area contributed by atoms with E-state index in [0.717, 1.165) is 31.9 Å². The molecular weight excluding hydrogens is 236 g/mol. The maximum Gasteiger partial charge on any atom is 0.225 e. The Labute approximate surface area is 107 Å². The van der Waals surface area contributed by atoms with Crippen LogP contribution in [0.1, 0.15) is 26.7 Å².